The minimum atomic E-state index is -0.563. The van der Waals surface area contributed by atoms with Gasteiger partial charge < -0.3 is 4.90 Å². The summed E-state index contributed by atoms with van der Waals surface area (Å²) in [6, 6.07) is 3.70. The molecule has 24 heavy (non-hydrogen) atoms. The molecule has 2 saturated heterocycles. The van der Waals surface area contributed by atoms with E-state index in [1.807, 2.05) is 18.7 Å². The van der Waals surface area contributed by atoms with E-state index in [9.17, 15) is 13.6 Å². The van der Waals surface area contributed by atoms with Gasteiger partial charge in [0.05, 0.1) is 5.92 Å². The highest BCUT2D eigenvalue weighted by molar-refractivity contribution is 5.80. The van der Waals surface area contributed by atoms with E-state index in [2.05, 4.69) is 15.8 Å². The first-order valence-electron chi connectivity index (χ1n) is 8.43. The van der Waals surface area contributed by atoms with E-state index in [1.165, 1.54) is 12.1 Å². The lowest BCUT2D eigenvalue weighted by Gasteiger charge is -2.39. The lowest BCUT2D eigenvalue weighted by atomic mass is 10.0. The largest absolute Gasteiger partial charge is 0.340 e. The zero-order valence-corrected chi connectivity index (χ0v) is 14.1. The summed E-state index contributed by atoms with van der Waals surface area (Å²) in [4.78, 5) is 16.6. The van der Waals surface area contributed by atoms with Gasteiger partial charge >= 0.3 is 0 Å². The van der Waals surface area contributed by atoms with Crippen molar-refractivity contribution in [1.29, 1.82) is 0 Å². The van der Waals surface area contributed by atoms with E-state index in [4.69, 9.17) is 0 Å². The van der Waals surface area contributed by atoms with Crippen LogP contribution >= 0.6 is 0 Å². The minimum Gasteiger partial charge on any atom is -0.340 e. The number of amides is 1. The topological polar surface area (TPSA) is 47.6 Å². The highest BCUT2D eigenvalue weighted by Gasteiger charge is 2.34. The molecule has 132 valence electrons. The first-order valence-corrected chi connectivity index (χ1v) is 8.43. The number of carbonyl (C=O) groups excluding carboxylic acids is 1. The van der Waals surface area contributed by atoms with Crippen LogP contribution < -0.4 is 10.9 Å². The van der Waals surface area contributed by atoms with Crippen molar-refractivity contribution in [3.05, 3.63) is 35.4 Å². The van der Waals surface area contributed by atoms with E-state index < -0.39 is 11.6 Å². The number of benzene rings is 1. The minimum absolute atomic E-state index is 0.0384. The number of carbonyl (C=O) groups is 1. The Hall–Kier alpha value is -1.57. The van der Waals surface area contributed by atoms with E-state index in [0.29, 0.717) is 38.3 Å². The average Bonchev–Trinajstić information content (AvgIpc) is 3.00. The van der Waals surface area contributed by atoms with Crippen LogP contribution in [0, 0.1) is 17.6 Å². The number of nitrogens with one attached hydrogen (secondary N) is 2. The zero-order valence-electron chi connectivity index (χ0n) is 14.1. The maximum atomic E-state index is 14.0. The lowest BCUT2D eigenvalue weighted by Crippen LogP contribution is -2.52. The van der Waals surface area contributed by atoms with Gasteiger partial charge in [0.25, 0.3) is 0 Å². The summed E-state index contributed by atoms with van der Waals surface area (Å²) < 4.78 is 27.0. The average molecular weight is 338 g/mol. The molecular formula is C17H24F2N4O. The molecule has 0 saturated carbocycles. The molecule has 7 heteroatoms. The van der Waals surface area contributed by atoms with E-state index >= 15 is 0 Å². The predicted molar refractivity (Wildman–Crippen MR) is 87.0 cm³/mol. The maximum Gasteiger partial charge on any atom is 0.228 e. The third-order valence-corrected chi connectivity index (χ3v) is 5.16. The normalized spacial score (nSPS) is 26.6. The number of rotatable bonds is 3. The second-order valence-corrected chi connectivity index (χ2v) is 6.62. The van der Waals surface area contributed by atoms with Crippen LogP contribution in [0.4, 0.5) is 8.78 Å². The van der Waals surface area contributed by atoms with Gasteiger partial charge in [0.1, 0.15) is 11.6 Å². The van der Waals surface area contributed by atoms with Crippen molar-refractivity contribution in [2.75, 3.05) is 32.7 Å². The highest BCUT2D eigenvalue weighted by Crippen LogP contribution is 2.25. The summed E-state index contributed by atoms with van der Waals surface area (Å²) in [6.45, 7) is 7.21. The number of hydrazine groups is 1. The van der Waals surface area contributed by atoms with Crippen LogP contribution in [0.25, 0.3) is 0 Å². The molecule has 5 nitrogen and oxygen atoms in total. The Bertz CT molecular complexity index is 604. The number of hydrogen-bond acceptors (Lipinski definition) is 4. The Labute approximate surface area is 141 Å². The summed E-state index contributed by atoms with van der Waals surface area (Å²) in [5.74, 6) is -0.950. The van der Waals surface area contributed by atoms with Gasteiger partial charge in [-0.2, -0.15) is 0 Å². The van der Waals surface area contributed by atoms with Crippen LogP contribution in [0.1, 0.15) is 25.5 Å². The Balaban J connectivity index is 1.59. The van der Waals surface area contributed by atoms with Crippen molar-refractivity contribution in [3.8, 4) is 0 Å². The molecule has 3 atom stereocenters. The second-order valence-electron chi connectivity index (χ2n) is 6.62. The van der Waals surface area contributed by atoms with E-state index in [-0.39, 0.29) is 23.9 Å². The third kappa shape index (κ3) is 3.43. The molecule has 2 fully saturated rings. The quantitative estimate of drug-likeness (QED) is 0.872. The summed E-state index contributed by atoms with van der Waals surface area (Å²) >= 11 is 0. The van der Waals surface area contributed by atoms with Crippen molar-refractivity contribution < 1.29 is 13.6 Å². The molecule has 0 radical (unpaired) electrons. The summed E-state index contributed by atoms with van der Waals surface area (Å²) in [6.07, 6.45) is 0. The van der Waals surface area contributed by atoms with Gasteiger partial charge in [-0.1, -0.05) is 6.07 Å². The summed E-state index contributed by atoms with van der Waals surface area (Å²) in [5.41, 5.74) is 6.58. The van der Waals surface area contributed by atoms with Gasteiger partial charge in [-0.3, -0.25) is 20.5 Å². The number of piperazine rings is 1. The molecule has 2 heterocycles. The van der Waals surface area contributed by atoms with Crippen molar-refractivity contribution in [2.45, 2.75) is 25.9 Å². The summed E-state index contributed by atoms with van der Waals surface area (Å²) in [7, 11) is 0. The second kappa shape index (κ2) is 7.13. The smallest absolute Gasteiger partial charge is 0.228 e. The first-order chi connectivity index (χ1) is 11.5. The molecule has 1 amide bonds. The van der Waals surface area contributed by atoms with E-state index in [0.717, 1.165) is 6.07 Å². The van der Waals surface area contributed by atoms with Crippen LogP contribution in [0.15, 0.2) is 18.2 Å². The molecule has 1 aromatic rings. The van der Waals surface area contributed by atoms with Crippen molar-refractivity contribution in [1.82, 2.24) is 20.7 Å². The zero-order chi connectivity index (χ0) is 17.3. The number of halogens is 2. The fourth-order valence-corrected chi connectivity index (χ4v) is 3.51. The van der Waals surface area contributed by atoms with Crippen LogP contribution in [0.5, 0.6) is 0 Å². The monoisotopic (exact) mass is 338 g/mol. The lowest BCUT2D eigenvalue weighted by molar-refractivity contribution is -0.137. The van der Waals surface area contributed by atoms with Crippen LogP contribution in [0.3, 0.4) is 0 Å². The van der Waals surface area contributed by atoms with Crippen LogP contribution in [-0.2, 0) is 4.79 Å². The fraction of sp³-hybridized carbons (Fsp3) is 0.588. The molecule has 0 aromatic heterocycles. The van der Waals surface area contributed by atoms with Crippen molar-refractivity contribution in [3.63, 3.8) is 0 Å². The van der Waals surface area contributed by atoms with Crippen molar-refractivity contribution >= 4 is 5.91 Å². The molecule has 2 aliphatic heterocycles. The van der Waals surface area contributed by atoms with Crippen molar-refractivity contribution in [2.24, 2.45) is 5.92 Å². The van der Waals surface area contributed by atoms with Gasteiger partial charge in [-0.15, -0.1) is 0 Å². The predicted octanol–water partition coefficient (Wildman–Crippen LogP) is 1.28. The Morgan fingerprint density at radius 2 is 1.96 bits per heavy atom. The van der Waals surface area contributed by atoms with Gasteiger partial charge in [0.2, 0.25) is 5.91 Å². The van der Waals surface area contributed by atoms with Crippen LogP contribution in [0.2, 0.25) is 0 Å². The molecule has 1 aromatic carbocycles. The molecule has 0 bridgehead atoms. The Morgan fingerprint density at radius 3 is 2.54 bits per heavy atom. The molecule has 3 rings (SSSR count). The Kier molecular flexibility index (Phi) is 5.12. The van der Waals surface area contributed by atoms with Gasteiger partial charge in [-0.05, 0) is 19.9 Å². The van der Waals surface area contributed by atoms with Gasteiger partial charge in [0.15, 0.2) is 0 Å². The molecule has 3 unspecified atom stereocenters. The Morgan fingerprint density at radius 1 is 1.25 bits per heavy atom. The molecule has 0 aliphatic carbocycles. The SMILES string of the molecule is CC1NNCC1C(=O)N1CCN(C(C)c2ccc(F)cc2F)CC1. The van der Waals surface area contributed by atoms with E-state index in [1.54, 1.807) is 0 Å². The summed E-state index contributed by atoms with van der Waals surface area (Å²) in [5, 5.41) is 0. The molecule has 2 N–H and O–H groups in total. The third-order valence-electron chi connectivity index (χ3n) is 5.16. The number of nitrogens with zero attached hydrogens (tertiary/aromatic N) is 2. The number of hydrogen-bond donors (Lipinski definition) is 2. The highest BCUT2D eigenvalue weighted by atomic mass is 19.1. The van der Waals surface area contributed by atoms with Gasteiger partial charge in [0, 0.05) is 56.4 Å². The fourth-order valence-electron chi connectivity index (χ4n) is 3.51. The first kappa shape index (κ1) is 17.3. The maximum absolute atomic E-state index is 14.0. The van der Waals surface area contributed by atoms with Gasteiger partial charge in [-0.25, -0.2) is 8.78 Å². The van der Waals surface area contributed by atoms with Crippen LogP contribution in [-0.4, -0.2) is 54.5 Å². The molecule has 0 spiro atoms. The molecular weight excluding hydrogens is 314 g/mol. The standard InChI is InChI=1S/C17H24F2N4O/c1-11-15(10-20-21-11)17(24)23-7-5-22(6-8-23)12(2)14-4-3-13(18)9-16(14)19/h3-4,9,11-12,15,20-21H,5-8,10H2,1-2H3. The molecule has 2 aliphatic rings.